The first-order chi connectivity index (χ1) is 12.9. The zero-order chi connectivity index (χ0) is 19.0. The molecule has 1 aromatic rings. The lowest BCUT2D eigenvalue weighted by Crippen LogP contribution is -2.32. The Morgan fingerprint density at radius 2 is 1.96 bits per heavy atom. The van der Waals surface area contributed by atoms with Crippen LogP contribution < -0.4 is 10.6 Å². The standard InChI is InChI=1S/C20H29N3O3S/c1-27(25,26)9-8-21-20(24)19-16-5-3-2-4-15(16)18(12-22-19)23-17-11-13-6-7-14(17)10-13/h12-14,17,23H,2-11H2,1H3,(H,21,24)/t13-,14+,17+/m0/s1. The van der Waals surface area contributed by atoms with Crippen LogP contribution in [0.4, 0.5) is 5.69 Å². The fraction of sp³-hybridized carbons (Fsp3) is 0.700. The van der Waals surface area contributed by atoms with Gasteiger partial charge in [-0.15, -0.1) is 0 Å². The quantitative estimate of drug-likeness (QED) is 0.777. The normalized spacial score (nSPS) is 26.6. The highest BCUT2D eigenvalue weighted by atomic mass is 32.2. The molecule has 4 rings (SSSR count). The van der Waals surface area contributed by atoms with E-state index in [-0.39, 0.29) is 18.2 Å². The molecule has 1 heterocycles. The number of hydrogen-bond donors (Lipinski definition) is 2. The molecule has 2 N–H and O–H groups in total. The maximum atomic E-state index is 12.6. The Morgan fingerprint density at radius 3 is 2.63 bits per heavy atom. The van der Waals surface area contributed by atoms with Crippen molar-refractivity contribution in [2.45, 2.75) is 57.4 Å². The maximum absolute atomic E-state index is 12.6. The van der Waals surface area contributed by atoms with Crippen molar-refractivity contribution in [3.05, 3.63) is 23.0 Å². The molecule has 3 aliphatic rings. The van der Waals surface area contributed by atoms with E-state index >= 15 is 0 Å². The third-order valence-corrected chi connectivity index (χ3v) is 7.40. The van der Waals surface area contributed by atoms with Crippen molar-refractivity contribution in [2.24, 2.45) is 11.8 Å². The lowest BCUT2D eigenvalue weighted by atomic mass is 9.88. The van der Waals surface area contributed by atoms with Crippen LogP contribution in [0.25, 0.3) is 0 Å². The number of hydrogen-bond acceptors (Lipinski definition) is 5. The fourth-order valence-corrected chi connectivity index (χ4v) is 5.60. The van der Waals surface area contributed by atoms with Crippen molar-refractivity contribution < 1.29 is 13.2 Å². The Balaban J connectivity index is 1.51. The minimum Gasteiger partial charge on any atom is -0.381 e. The van der Waals surface area contributed by atoms with Crippen LogP contribution in [0.15, 0.2) is 6.20 Å². The van der Waals surface area contributed by atoms with Crippen LogP contribution in [-0.4, -0.2) is 43.9 Å². The molecular weight excluding hydrogens is 362 g/mol. The zero-order valence-corrected chi connectivity index (χ0v) is 16.8. The molecule has 0 unspecified atom stereocenters. The molecule has 27 heavy (non-hydrogen) atoms. The van der Waals surface area contributed by atoms with E-state index in [0.717, 1.165) is 48.8 Å². The average molecular weight is 392 g/mol. The molecule has 2 fully saturated rings. The van der Waals surface area contributed by atoms with Crippen LogP contribution >= 0.6 is 0 Å². The van der Waals surface area contributed by atoms with Gasteiger partial charge < -0.3 is 10.6 Å². The lowest BCUT2D eigenvalue weighted by molar-refractivity contribution is 0.0950. The van der Waals surface area contributed by atoms with Crippen molar-refractivity contribution in [1.82, 2.24) is 10.3 Å². The van der Waals surface area contributed by atoms with Gasteiger partial charge in [-0.1, -0.05) is 6.42 Å². The van der Waals surface area contributed by atoms with Crippen LogP contribution in [0.5, 0.6) is 0 Å². The van der Waals surface area contributed by atoms with Crippen molar-refractivity contribution in [2.75, 3.05) is 23.9 Å². The number of nitrogens with zero attached hydrogens (tertiary/aromatic N) is 1. The molecule has 2 saturated carbocycles. The number of sulfone groups is 1. The second-order valence-corrected chi connectivity index (χ2v) is 10.8. The Kier molecular flexibility index (Phi) is 5.14. The monoisotopic (exact) mass is 391 g/mol. The number of fused-ring (bicyclic) bond motifs is 3. The summed E-state index contributed by atoms with van der Waals surface area (Å²) in [6.07, 6.45) is 12.4. The Morgan fingerprint density at radius 1 is 1.19 bits per heavy atom. The minimum absolute atomic E-state index is 0.0508. The summed E-state index contributed by atoms with van der Waals surface area (Å²) < 4.78 is 22.5. The minimum atomic E-state index is -3.09. The molecule has 1 aromatic heterocycles. The summed E-state index contributed by atoms with van der Waals surface area (Å²) in [7, 11) is -3.09. The smallest absolute Gasteiger partial charge is 0.270 e. The SMILES string of the molecule is CS(=O)(=O)CCNC(=O)c1ncc(N[C@@H]2C[C@H]3CC[C@@H]2C3)c2c1CCCC2. The van der Waals surface area contributed by atoms with Gasteiger partial charge in [0.05, 0.1) is 17.6 Å². The van der Waals surface area contributed by atoms with Gasteiger partial charge in [0.25, 0.3) is 5.91 Å². The van der Waals surface area contributed by atoms with Crippen LogP contribution in [-0.2, 0) is 22.7 Å². The summed E-state index contributed by atoms with van der Waals surface area (Å²) in [6.45, 7) is 0.124. The molecule has 0 radical (unpaired) electrons. The summed E-state index contributed by atoms with van der Waals surface area (Å²) in [5.74, 6) is 1.36. The predicted molar refractivity (Wildman–Crippen MR) is 106 cm³/mol. The summed E-state index contributed by atoms with van der Waals surface area (Å²) in [6, 6.07) is 0.547. The molecule has 7 heteroatoms. The second-order valence-electron chi connectivity index (χ2n) is 8.50. The van der Waals surface area contributed by atoms with Gasteiger partial charge in [0.2, 0.25) is 0 Å². The van der Waals surface area contributed by atoms with Crippen LogP contribution in [0.1, 0.15) is 60.1 Å². The number of amides is 1. The van der Waals surface area contributed by atoms with Gasteiger partial charge in [0, 0.05) is 18.8 Å². The molecule has 148 valence electrons. The topological polar surface area (TPSA) is 88.2 Å². The van der Waals surface area contributed by atoms with E-state index in [1.54, 1.807) is 0 Å². The summed E-state index contributed by atoms with van der Waals surface area (Å²) in [4.78, 5) is 17.1. The van der Waals surface area contributed by atoms with E-state index in [1.165, 1.54) is 37.5 Å². The highest BCUT2D eigenvalue weighted by molar-refractivity contribution is 7.90. The van der Waals surface area contributed by atoms with Crippen molar-refractivity contribution >= 4 is 21.4 Å². The van der Waals surface area contributed by atoms with E-state index in [1.807, 2.05) is 6.20 Å². The molecule has 0 spiro atoms. The molecule has 3 aliphatic carbocycles. The van der Waals surface area contributed by atoms with Gasteiger partial charge in [-0.2, -0.15) is 0 Å². The second kappa shape index (κ2) is 7.41. The summed E-state index contributed by atoms with van der Waals surface area (Å²) >= 11 is 0. The van der Waals surface area contributed by atoms with Crippen molar-refractivity contribution in [3.8, 4) is 0 Å². The molecule has 3 atom stereocenters. The van der Waals surface area contributed by atoms with E-state index in [9.17, 15) is 13.2 Å². The Hall–Kier alpha value is -1.63. The first-order valence-corrected chi connectivity index (χ1v) is 12.2. The zero-order valence-electron chi connectivity index (χ0n) is 16.0. The average Bonchev–Trinajstić information content (AvgIpc) is 3.24. The molecule has 6 nitrogen and oxygen atoms in total. The molecule has 2 bridgehead atoms. The van der Waals surface area contributed by atoms with Crippen LogP contribution in [0.3, 0.4) is 0 Å². The largest absolute Gasteiger partial charge is 0.381 e. The highest BCUT2D eigenvalue weighted by Crippen LogP contribution is 2.46. The number of aromatic nitrogens is 1. The van der Waals surface area contributed by atoms with Crippen molar-refractivity contribution in [1.29, 1.82) is 0 Å². The fourth-order valence-electron chi connectivity index (χ4n) is 5.12. The first-order valence-electron chi connectivity index (χ1n) is 10.1. The van der Waals surface area contributed by atoms with Gasteiger partial charge in [-0.25, -0.2) is 13.4 Å². The number of carbonyl (C=O) groups excluding carboxylic acids is 1. The summed E-state index contributed by atoms with van der Waals surface area (Å²) in [5, 5.41) is 6.48. The van der Waals surface area contributed by atoms with E-state index in [0.29, 0.717) is 11.7 Å². The molecule has 0 aromatic carbocycles. The maximum Gasteiger partial charge on any atom is 0.270 e. The van der Waals surface area contributed by atoms with E-state index in [4.69, 9.17) is 0 Å². The molecule has 0 saturated heterocycles. The third-order valence-electron chi connectivity index (χ3n) is 6.45. The number of pyridine rings is 1. The molecule has 0 aliphatic heterocycles. The van der Waals surface area contributed by atoms with E-state index < -0.39 is 9.84 Å². The van der Waals surface area contributed by atoms with Gasteiger partial charge >= 0.3 is 0 Å². The van der Waals surface area contributed by atoms with Gasteiger partial charge in [-0.3, -0.25) is 4.79 Å². The van der Waals surface area contributed by atoms with Crippen LogP contribution in [0.2, 0.25) is 0 Å². The van der Waals surface area contributed by atoms with Gasteiger partial charge in [0.15, 0.2) is 0 Å². The Bertz CT molecular complexity index is 837. The first kappa shape index (κ1) is 18.7. The molecule has 1 amide bonds. The number of carbonyl (C=O) groups is 1. The van der Waals surface area contributed by atoms with Crippen molar-refractivity contribution in [3.63, 3.8) is 0 Å². The van der Waals surface area contributed by atoms with Crippen LogP contribution in [0, 0.1) is 11.8 Å². The summed E-state index contributed by atoms with van der Waals surface area (Å²) in [5.41, 5.74) is 3.87. The highest BCUT2D eigenvalue weighted by Gasteiger charge is 2.39. The third kappa shape index (κ3) is 4.13. The van der Waals surface area contributed by atoms with Gasteiger partial charge in [0.1, 0.15) is 15.5 Å². The number of rotatable bonds is 6. The van der Waals surface area contributed by atoms with Gasteiger partial charge in [-0.05, 0) is 67.9 Å². The molecular formula is C20H29N3O3S. The number of anilines is 1. The number of nitrogens with one attached hydrogen (secondary N) is 2. The lowest BCUT2D eigenvalue weighted by Gasteiger charge is -2.28. The van der Waals surface area contributed by atoms with E-state index in [2.05, 4.69) is 15.6 Å². The predicted octanol–water partition coefficient (Wildman–Crippen LogP) is 2.34. The Labute approximate surface area is 161 Å².